The minimum absolute atomic E-state index is 0.292. The fourth-order valence-electron chi connectivity index (χ4n) is 3.31. The number of nitrogens with one attached hydrogen (secondary N) is 1. The van der Waals surface area contributed by atoms with Gasteiger partial charge in [0.1, 0.15) is 5.82 Å². The Morgan fingerprint density at radius 1 is 1.33 bits per heavy atom. The number of carbonyl (C=O) groups is 2. The summed E-state index contributed by atoms with van der Waals surface area (Å²) in [6.45, 7) is 3.42. The van der Waals surface area contributed by atoms with E-state index in [9.17, 15) is 19.1 Å². The molecule has 7 heteroatoms. The Morgan fingerprint density at radius 2 is 2.11 bits per heavy atom. The third-order valence-electron chi connectivity index (χ3n) is 5.17. The third kappa shape index (κ3) is 2.98. The zero-order valence-electron chi connectivity index (χ0n) is 14.7. The van der Waals surface area contributed by atoms with Crippen LogP contribution in [0.3, 0.4) is 0 Å². The topological polar surface area (TPSA) is 79.3 Å². The summed E-state index contributed by atoms with van der Waals surface area (Å²) in [5.74, 6) is -2.13. The first-order chi connectivity index (χ1) is 12.8. The van der Waals surface area contributed by atoms with E-state index in [0.29, 0.717) is 22.6 Å². The number of carboxylic acids is 1. The second-order valence-corrected chi connectivity index (χ2v) is 8.13. The maximum atomic E-state index is 14.2. The first-order valence-electron chi connectivity index (χ1n) is 8.50. The molecule has 4 rings (SSSR count). The molecule has 27 heavy (non-hydrogen) atoms. The summed E-state index contributed by atoms with van der Waals surface area (Å²) < 4.78 is 15.1. The number of anilines is 1. The Balaban J connectivity index is 1.61. The summed E-state index contributed by atoms with van der Waals surface area (Å²) >= 11 is 1.31. The molecular weight excluding hydrogens is 367 g/mol. The molecule has 3 aromatic rings. The second-order valence-electron chi connectivity index (χ2n) is 7.10. The van der Waals surface area contributed by atoms with E-state index in [-0.39, 0.29) is 11.7 Å². The minimum Gasteiger partial charge on any atom is -0.481 e. The van der Waals surface area contributed by atoms with Crippen molar-refractivity contribution in [1.29, 1.82) is 0 Å². The summed E-state index contributed by atoms with van der Waals surface area (Å²) in [4.78, 5) is 27.9. The van der Waals surface area contributed by atoms with Gasteiger partial charge in [0.15, 0.2) is 5.13 Å². The Morgan fingerprint density at radius 3 is 2.78 bits per heavy atom. The van der Waals surface area contributed by atoms with Gasteiger partial charge in [-0.3, -0.25) is 9.59 Å². The largest absolute Gasteiger partial charge is 0.481 e. The standard InChI is InChI=1S/C20H17FN2O3S/c1-10-4-3-5-13(21)16(10)11-6-7-15-14(8-11)22-19(27-15)23-17(24)12-9-20(12,2)18(25)26/h3-8,12H,9H2,1-2H3,(H,25,26)(H,22,23,24)/t12-,20-/m1/s1. The van der Waals surface area contributed by atoms with Crippen LogP contribution < -0.4 is 5.32 Å². The van der Waals surface area contributed by atoms with Crippen molar-refractivity contribution in [2.24, 2.45) is 11.3 Å². The Bertz CT molecular complexity index is 1070. The summed E-state index contributed by atoms with van der Waals surface area (Å²) in [6.07, 6.45) is 0.329. The van der Waals surface area contributed by atoms with Gasteiger partial charge in [-0.15, -0.1) is 0 Å². The number of carboxylic acid groups (broad SMARTS) is 1. The van der Waals surface area contributed by atoms with E-state index in [1.807, 2.05) is 25.1 Å². The number of thiazole rings is 1. The molecule has 1 fully saturated rings. The molecule has 0 spiro atoms. The summed E-state index contributed by atoms with van der Waals surface area (Å²) in [5, 5.41) is 12.3. The van der Waals surface area contributed by atoms with E-state index in [4.69, 9.17) is 0 Å². The van der Waals surface area contributed by atoms with Gasteiger partial charge in [0.05, 0.1) is 21.5 Å². The first kappa shape index (κ1) is 17.6. The SMILES string of the molecule is Cc1cccc(F)c1-c1ccc2sc(NC(=O)[C@H]3C[C@@]3(C)C(=O)O)nc2c1. The van der Waals surface area contributed by atoms with Gasteiger partial charge < -0.3 is 10.4 Å². The van der Waals surface area contributed by atoms with Crippen LogP contribution in [0.2, 0.25) is 0 Å². The molecule has 1 amide bonds. The number of hydrogen-bond acceptors (Lipinski definition) is 4. The number of hydrogen-bond donors (Lipinski definition) is 2. The van der Waals surface area contributed by atoms with Crippen molar-refractivity contribution < 1.29 is 19.1 Å². The number of aliphatic carboxylic acids is 1. The zero-order chi connectivity index (χ0) is 19.3. The molecule has 1 aliphatic carbocycles. The number of halogens is 1. The van der Waals surface area contributed by atoms with Crippen molar-refractivity contribution >= 4 is 38.6 Å². The van der Waals surface area contributed by atoms with Gasteiger partial charge in [-0.2, -0.15) is 0 Å². The van der Waals surface area contributed by atoms with Gasteiger partial charge in [0, 0.05) is 5.56 Å². The molecule has 1 saturated carbocycles. The predicted octanol–water partition coefficient (Wildman–Crippen LogP) is 4.46. The maximum Gasteiger partial charge on any atom is 0.310 e. The molecule has 1 aromatic heterocycles. The summed E-state index contributed by atoms with van der Waals surface area (Å²) in [6, 6.07) is 10.4. The number of amides is 1. The van der Waals surface area contributed by atoms with Gasteiger partial charge in [-0.1, -0.05) is 29.5 Å². The molecule has 138 valence electrons. The maximum absolute atomic E-state index is 14.2. The van der Waals surface area contributed by atoms with Gasteiger partial charge in [0.25, 0.3) is 0 Å². The Kier molecular flexibility index (Phi) is 3.99. The van der Waals surface area contributed by atoms with Crippen LogP contribution in [0.1, 0.15) is 18.9 Å². The van der Waals surface area contributed by atoms with Crippen molar-refractivity contribution in [3.63, 3.8) is 0 Å². The molecule has 2 atom stereocenters. The number of aromatic nitrogens is 1. The summed E-state index contributed by atoms with van der Waals surface area (Å²) in [7, 11) is 0. The van der Waals surface area contributed by atoms with Crippen LogP contribution in [-0.4, -0.2) is 22.0 Å². The van der Waals surface area contributed by atoms with Crippen LogP contribution >= 0.6 is 11.3 Å². The highest BCUT2D eigenvalue weighted by molar-refractivity contribution is 7.22. The van der Waals surface area contributed by atoms with Crippen molar-refractivity contribution in [2.45, 2.75) is 20.3 Å². The number of carbonyl (C=O) groups excluding carboxylic acids is 1. The van der Waals surface area contributed by atoms with Gasteiger partial charge >= 0.3 is 5.97 Å². The van der Waals surface area contributed by atoms with Crippen molar-refractivity contribution in [2.75, 3.05) is 5.32 Å². The molecule has 0 radical (unpaired) electrons. The lowest BCUT2D eigenvalue weighted by atomic mass is 10.00. The van der Waals surface area contributed by atoms with Crippen LogP contribution in [0.4, 0.5) is 9.52 Å². The molecular formula is C20H17FN2O3S. The van der Waals surface area contributed by atoms with E-state index < -0.39 is 17.3 Å². The average Bonchev–Trinajstić information content (AvgIpc) is 3.16. The van der Waals surface area contributed by atoms with Crippen molar-refractivity contribution in [1.82, 2.24) is 4.98 Å². The van der Waals surface area contributed by atoms with Crippen LogP contribution in [0.5, 0.6) is 0 Å². The van der Waals surface area contributed by atoms with Crippen LogP contribution in [-0.2, 0) is 9.59 Å². The highest BCUT2D eigenvalue weighted by atomic mass is 32.1. The minimum atomic E-state index is -0.990. The highest BCUT2D eigenvalue weighted by Gasteiger charge is 2.60. The second kappa shape index (κ2) is 6.13. The molecule has 2 aromatic carbocycles. The van der Waals surface area contributed by atoms with Gasteiger partial charge in [0.2, 0.25) is 5.91 Å². The fraction of sp³-hybridized carbons (Fsp3) is 0.250. The lowest BCUT2D eigenvalue weighted by Gasteiger charge is -2.07. The van der Waals surface area contributed by atoms with Crippen molar-refractivity contribution in [3.05, 3.63) is 47.8 Å². The highest BCUT2D eigenvalue weighted by Crippen LogP contribution is 2.53. The molecule has 1 heterocycles. The molecule has 0 saturated heterocycles. The van der Waals surface area contributed by atoms with E-state index >= 15 is 0 Å². The molecule has 1 aliphatic rings. The van der Waals surface area contributed by atoms with Crippen molar-refractivity contribution in [3.8, 4) is 11.1 Å². The number of aryl methyl sites for hydroxylation is 1. The average molecular weight is 384 g/mol. The van der Waals surface area contributed by atoms with Crippen LogP contribution in [0.15, 0.2) is 36.4 Å². The van der Waals surface area contributed by atoms with Crippen LogP contribution in [0.25, 0.3) is 21.3 Å². The number of nitrogens with zero attached hydrogens (tertiary/aromatic N) is 1. The number of rotatable bonds is 4. The third-order valence-corrected chi connectivity index (χ3v) is 6.12. The molecule has 0 aliphatic heterocycles. The first-order valence-corrected chi connectivity index (χ1v) is 9.31. The van der Waals surface area contributed by atoms with Gasteiger partial charge in [-0.05, 0) is 49.6 Å². The smallest absolute Gasteiger partial charge is 0.310 e. The van der Waals surface area contributed by atoms with E-state index in [1.54, 1.807) is 19.1 Å². The molecule has 0 bridgehead atoms. The summed E-state index contributed by atoms with van der Waals surface area (Å²) in [5.41, 5.74) is 1.76. The van der Waals surface area contributed by atoms with Gasteiger partial charge in [-0.25, -0.2) is 9.37 Å². The predicted molar refractivity (Wildman–Crippen MR) is 102 cm³/mol. The van der Waals surface area contributed by atoms with Crippen LogP contribution in [0, 0.1) is 24.1 Å². The lowest BCUT2D eigenvalue weighted by molar-refractivity contribution is -0.144. The number of fused-ring (bicyclic) bond motifs is 1. The van der Waals surface area contributed by atoms with E-state index in [1.165, 1.54) is 17.4 Å². The van der Waals surface area contributed by atoms with E-state index in [2.05, 4.69) is 10.3 Å². The molecule has 0 unspecified atom stereocenters. The Hall–Kier alpha value is -2.80. The lowest BCUT2D eigenvalue weighted by Crippen LogP contribution is -2.22. The number of benzene rings is 2. The van der Waals surface area contributed by atoms with E-state index in [0.717, 1.165) is 15.8 Å². The zero-order valence-corrected chi connectivity index (χ0v) is 15.6. The molecule has 5 nitrogen and oxygen atoms in total. The molecule has 2 N–H and O–H groups in total. The normalized spacial score (nSPS) is 21.2. The monoisotopic (exact) mass is 384 g/mol. The Labute approximate surface area is 158 Å². The quantitative estimate of drug-likeness (QED) is 0.696. The fourth-order valence-corrected chi connectivity index (χ4v) is 4.16.